The number of benzene rings is 1. The second-order valence-electron chi connectivity index (χ2n) is 4.68. The highest BCUT2D eigenvalue weighted by Crippen LogP contribution is 2.28. The Hall–Kier alpha value is -3.56. The van der Waals surface area contributed by atoms with Crippen molar-refractivity contribution < 1.29 is 23.8 Å². The third-order valence-corrected chi connectivity index (χ3v) is 3.06. The highest BCUT2D eigenvalue weighted by atomic mass is 16.5. The quantitative estimate of drug-likeness (QED) is 0.617. The van der Waals surface area contributed by atoms with Crippen LogP contribution in [-0.4, -0.2) is 42.7 Å². The summed E-state index contributed by atoms with van der Waals surface area (Å²) in [5.74, 6) is -0.790. The topological polar surface area (TPSA) is 140 Å². The first-order valence-corrected chi connectivity index (χ1v) is 6.95. The molecule has 1 amide bonds. The first-order chi connectivity index (χ1) is 11.9. The molecule has 1 aromatic heterocycles. The van der Waals surface area contributed by atoms with Crippen LogP contribution < -0.4 is 26.0 Å². The minimum Gasteiger partial charge on any atom is -0.497 e. The van der Waals surface area contributed by atoms with Crippen LogP contribution in [0.2, 0.25) is 0 Å². The van der Waals surface area contributed by atoms with Gasteiger partial charge in [-0.3, -0.25) is 14.6 Å². The number of rotatable bonds is 6. The van der Waals surface area contributed by atoms with Crippen LogP contribution in [0.25, 0.3) is 0 Å². The maximum absolute atomic E-state index is 11.9. The number of methoxy groups -OCH3 is 2. The summed E-state index contributed by atoms with van der Waals surface area (Å²) in [6.45, 7) is -0.632. The normalized spacial score (nSPS) is 10.0. The van der Waals surface area contributed by atoms with Crippen molar-refractivity contribution >= 4 is 17.6 Å². The molecule has 0 unspecified atom stereocenters. The summed E-state index contributed by atoms with van der Waals surface area (Å²) in [4.78, 5) is 50.0. The highest BCUT2D eigenvalue weighted by Gasteiger charge is 2.15. The number of carbonyl (C=O) groups excluding carboxylic acids is 2. The Balaban J connectivity index is 2.00. The summed E-state index contributed by atoms with van der Waals surface area (Å²) in [5.41, 5.74) is -1.74. The lowest BCUT2D eigenvalue weighted by Gasteiger charge is -2.11. The zero-order chi connectivity index (χ0) is 18.4. The molecule has 0 radical (unpaired) electrons. The van der Waals surface area contributed by atoms with E-state index in [9.17, 15) is 19.2 Å². The van der Waals surface area contributed by atoms with Crippen molar-refractivity contribution in [1.82, 2.24) is 9.97 Å². The van der Waals surface area contributed by atoms with E-state index in [1.807, 2.05) is 4.98 Å². The first-order valence-electron chi connectivity index (χ1n) is 6.95. The zero-order valence-electron chi connectivity index (χ0n) is 13.4. The average Bonchev–Trinajstić information content (AvgIpc) is 2.60. The van der Waals surface area contributed by atoms with Crippen LogP contribution in [0.1, 0.15) is 10.4 Å². The van der Waals surface area contributed by atoms with E-state index >= 15 is 0 Å². The summed E-state index contributed by atoms with van der Waals surface area (Å²) >= 11 is 0. The monoisotopic (exact) mass is 349 g/mol. The number of aromatic nitrogens is 2. The average molecular weight is 349 g/mol. The molecule has 10 nitrogen and oxygen atoms in total. The standard InChI is InChI=1S/C15H15N3O7/c1-23-8-3-4-10(11(5-8)24-2)17-12(19)7-25-14(21)9-6-16-15(22)18-13(9)20/h3-6H,7H2,1-2H3,(H,17,19)(H2,16,18,20,22). The van der Waals surface area contributed by atoms with Gasteiger partial charge in [0, 0.05) is 12.3 Å². The predicted octanol–water partition coefficient (Wildman–Crippen LogP) is -0.124. The number of hydrogen-bond acceptors (Lipinski definition) is 7. The van der Waals surface area contributed by atoms with Gasteiger partial charge in [-0.25, -0.2) is 9.59 Å². The molecule has 0 aliphatic carbocycles. The second kappa shape index (κ2) is 7.81. The van der Waals surface area contributed by atoms with Gasteiger partial charge in [-0.15, -0.1) is 0 Å². The van der Waals surface area contributed by atoms with Crippen LogP contribution in [0.3, 0.4) is 0 Å². The van der Waals surface area contributed by atoms with E-state index in [0.717, 1.165) is 6.20 Å². The molecule has 2 rings (SSSR count). The summed E-state index contributed by atoms with van der Waals surface area (Å²) in [5, 5.41) is 2.50. The molecule has 0 spiro atoms. The summed E-state index contributed by atoms with van der Waals surface area (Å²) in [7, 11) is 2.91. The van der Waals surface area contributed by atoms with E-state index in [-0.39, 0.29) is 0 Å². The molecule has 3 N–H and O–H groups in total. The minimum atomic E-state index is -1.05. The molecule has 132 valence electrons. The van der Waals surface area contributed by atoms with Gasteiger partial charge in [-0.05, 0) is 12.1 Å². The Morgan fingerprint density at radius 2 is 1.92 bits per heavy atom. The Kier molecular flexibility index (Phi) is 5.56. The Morgan fingerprint density at radius 3 is 2.56 bits per heavy atom. The molecule has 0 saturated heterocycles. The summed E-state index contributed by atoms with van der Waals surface area (Å²) in [6, 6.07) is 4.75. The molecule has 0 atom stereocenters. The molecule has 25 heavy (non-hydrogen) atoms. The second-order valence-corrected chi connectivity index (χ2v) is 4.68. The SMILES string of the molecule is COc1ccc(NC(=O)COC(=O)c2c[nH]c(=O)[nH]c2=O)c(OC)c1. The molecule has 1 heterocycles. The Labute approximate surface area is 140 Å². The fraction of sp³-hybridized carbons (Fsp3) is 0.200. The molecule has 0 saturated carbocycles. The Morgan fingerprint density at radius 1 is 1.16 bits per heavy atom. The predicted molar refractivity (Wildman–Crippen MR) is 86.1 cm³/mol. The van der Waals surface area contributed by atoms with E-state index in [4.69, 9.17) is 14.2 Å². The van der Waals surface area contributed by atoms with E-state index in [1.54, 1.807) is 18.2 Å². The van der Waals surface area contributed by atoms with Gasteiger partial charge < -0.3 is 24.5 Å². The van der Waals surface area contributed by atoms with Crippen LogP contribution in [0.4, 0.5) is 5.69 Å². The number of amides is 1. The number of H-pyrrole nitrogens is 2. The largest absolute Gasteiger partial charge is 0.497 e. The Bertz CT molecular complexity index is 900. The lowest BCUT2D eigenvalue weighted by atomic mass is 10.2. The van der Waals surface area contributed by atoms with Crippen molar-refractivity contribution in [3.8, 4) is 11.5 Å². The molecule has 0 fully saturated rings. The molecule has 0 aliphatic rings. The van der Waals surface area contributed by atoms with Gasteiger partial charge in [0.2, 0.25) is 0 Å². The number of esters is 1. The number of nitrogens with one attached hydrogen (secondary N) is 3. The highest BCUT2D eigenvalue weighted by molar-refractivity contribution is 5.96. The zero-order valence-corrected chi connectivity index (χ0v) is 13.4. The smallest absolute Gasteiger partial charge is 0.345 e. The van der Waals surface area contributed by atoms with Gasteiger partial charge in [0.25, 0.3) is 11.5 Å². The van der Waals surface area contributed by atoms with Crippen LogP contribution in [0.5, 0.6) is 11.5 Å². The lowest BCUT2D eigenvalue weighted by molar-refractivity contribution is -0.119. The lowest BCUT2D eigenvalue weighted by Crippen LogP contribution is -2.29. The maximum atomic E-state index is 11.9. The van der Waals surface area contributed by atoms with Crippen LogP contribution in [0, 0.1) is 0 Å². The van der Waals surface area contributed by atoms with Crippen molar-refractivity contribution in [3.63, 3.8) is 0 Å². The molecule has 0 bridgehead atoms. The number of anilines is 1. The van der Waals surface area contributed by atoms with E-state index < -0.39 is 35.3 Å². The van der Waals surface area contributed by atoms with Crippen molar-refractivity contribution in [2.75, 3.05) is 26.1 Å². The molecular weight excluding hydrogens is 334 g/mol. The molecule has 0 aliphatic heterocycles. The molecule has 10 heteroatoms. The van der Waals surface area contributed by atoms with Crippen molar-refractivity contribution in [2.45, 2.75) is 0 Å². The van der Waals surface area contributed by atoms with Crippen molar-refractivity contribution in [3.05, 3.63) is 50.8 Å². The first kappa shape index (κ1) is 17.8. The minimum absolute atomic E-state index is 0.353. The number of ether oxygens (including phenoxy) is 3. The van der Waals surface area contributed by atoms with Crippen LogP contribution >= 0.6 is 0 Å². The van der Waals surface area contributed by atoms with Gasteiger partial charge in [0.1, 0.15) is 17.1 Å². The summed E-state index contributed by atoms with van der Waals surface area (Å²) in [6.07, 6.45) is 0.911. The van der Waals surface area contributed by atoms with Gasteiger partial charge in [-0.2, -0.15) is 0 Å². The third kappa shape index (κ3) is 4.47. The number of aromatic amines is 2. The molecular formula is C15H15N3O7. The molecule has 1 aromatic carbocycles. The van der Waals surface area contributed by atoms with E-state index in [1.165, 1.54) is 14.2 Å². The number of hydrogen-bond donors (Lipinski definition) is 3. The van der Waals surface area contributed by atoms with Gasteiger partial charge in [-0.1, -0.05) is 0 Å². The van der Waals surface area contributed by atoms with Crippen molar-refractivity contribution in [1.29, 1.82) is 0 Å². The van der Waals surface area contributed by atoms with Crippen molar-refractivity contribution in [2.24, 2.45) is 0 Å². The fourth-order valence-electron chi connectivity index (χ4n) is 1.86. The van der Waals surface area contributed by atoms with Gasteiger partial charge >= 0.3 is 11.7 Å². The van der Waals surface area contributed by atoms with Crippen LogP contribution in [-0.2, 0) is 9.53 Å². The summed E-state index contributed by atoms with van der Waals surface area (Å²) < 4.78 is 14.9. The van der Waals surface area contributed by atoms with E-state index in [2.05, 4.69) is 10.3 Å². The fourth-order valence-corrected chi connectivity index (χ4v) is 1.86. The van der Waals surface area contributed by atoms with Gasteiger partial charge in [0.05, 0.1) is 19.9 Å². The number of carbonyl (C=O) groups is 2. The molecule has 2 aromatic rings. The maximum Gasteiger partial charge on any atom is 0.345 e. The van der Waals surface area contributed by atoms with Crippen LogP contribution in [0.15, 0.2) is 34.0 Å². The third-order valence-electron chi connectivity index (χ3n) is 3.06. The van der Waals surface area contributed by atoms with E-state index in [0.29, 0.717) is 17.2 Å². The van der Waals surface area contributed by atoms with Gasteiger partial charge in [0.15, 0.2) is 6.61 Å².